The largest absolute Gasteiger partial charge is 0.493 e. The van der Waals surface area contributed by atoms with Crippen molar-refractivity contribution in [2.24, 2.45) is 0 Å². The number of rotatable bonds is 8. The number of methoxy groups -OCH3 is 1. The minimum atomic E-state index is -0.128. The molecular formula is C20H27N3O3S. The van der Waals surface area contributed by atoms with Crippen molar-refractivity contribution >= 4 is 17.2 Å². The zero-order valence-corrected chi connectivity index (χ0v) is 16.7. The van der Waals surface area contributed by atoms with Crippen LogP contribution in [0, 0.1) is 0 Å². The number of hydrogen-bond donors (Lipinski definition) is 1. The Balaban J connectivity index is 1.54. The van der Waals surface area contributed by atoms with Gasteiger partial charge in [0, 0.05) is 37.6 Å². The molecule has 146 valence electrons. The smallest absolute Gasteiger partial charge is 0.258 e. The van der Waals surface area contributed by atoms with Crippen LogP contribution in [0.2, 0.25) is 0 Å². The molecule has 2 aromatic rings. The topological polar surface area (TPSA) is 54.0 Å². The number of carbonyl (C=O) groups is 1. The highest BCUT2D eigenvalue weighted by Crippen LogP contribution is 2.26. The predicted octanol–water partition coefficient (Wildman–Crippen LogP) is 2.24. The first-order valence-electron chi connectivity index (χ1n) is 9.16. The fourth-order valence-electron chi connectivity index (χ4n) is 3.17. The number of para-hydroxylation sites is 2. The van der Waals surface area contributed by atoms with Crippen LogP contribution in [-0.2, 0) is 4.79 Å². The average Bonchev–Trinajstić information content (AvgIpc) is 3.22. The zero-order valence-electron chi connectivity index (χ0n) is 15.9. The van der Waals surface area contributed by atoms with Crippen molar-refractivity contribution in [1.82, 2.24) is 15.1 Å². The molecule has 1 N–H and O–H groups in total. The summed E-state index contributed by atoms with van der Waals surface area (Å²) in [5, 5.41) is 5.12. The number of thiophene rings is 1. The third-order valence-corrected chi connectivity index (χ3v) is 5.74. The second kappa shape index (κ2) is 9.73. The summed E-state index contributed by atoms with van der Waals surface area (Å²) in [6.07, 6.45) is 0. The summed E-state index contributed by atoms with van der Waals surface area (Å²) in [5.74, 6) is 1.07. The third-order valence-electron chi connectivity index (χ3n) is 4.77. The number of carbonyl (C=O) groups excluding carboxylic acids is 1. The SMILES string of the molecule is COc1ccccc1OCC(=O)NCC(c1cccs1)N1CCN(C)CC1. The van der Waals surface area contributed by atoms with Crippen LogP contribution in [0.5, 0.6) is 11.5 Å². The van der Waals surface area contributed by atoms with Crippen molar-refractivity contribution < 1.29 is 14.3 Å². The Hall–Kier alpha value is -2.09. The summed E-state index contributed by atoms with van der Waals surface area (Å²) < 4.78 is 10.9. The van der Waals surface area contributed by atoms with E-state index in [1.807, 2.05) is 18.2 Å². The molecule has 2 heterocycles. The molecule has 3 rings (SSSR count). The molecule has 6 nitrogen and oxygen atoms in total. The van der Waals surface area contributed by atoms with E-state index >= 15 is 0 Å². The second-order valence-electron chi connectivity index (χ2n) is 6.61. The van der Waals surface area contributed by atoms with E-state index in [-0.39, 0.29) is 18.6 Å². The Morgan fingerprint density at radius 3 is 2.56 bits per heavy atom. The molecule has 0 bridgehead atoms. The van der Waals surface area contributed by atoms with E-state index in [0.29, 0.717) is 18.0 Å². The molecule has 1 aliphatic rings. The van der Waals surface area contributed by atoms with Crippen LogP contribution in [0.15, 0.2) is 41.8 Å². The highest BCUT2D eigenvalue weighted by atomic mass is 32.1. The summed E-state index contributed by atoms with van der Waals surface area (Å²) in [6.45, 7) is 4.66. The first-order valence-corrected chi connectivity index (χ1v) is 10.0. The summed E-state index contributed by atoms with van der Waals surface area (Å²) in [6, 6.07) is 11.7. The van der Waals surface area contributed by atoms with E-state index in [9.17, 15) is 4.79 Å². The van der Waals surface area contributed by atoms with E-state index in [1.165, 1.54) is 4.88 Å². The van der Waals surface area contributed by atoms with Gasteiger partial charge in [-0.1, -0.05) is 18.2 Å². The van der Waals surface area contributed by atoms with Gasteiger partial charge in [-0.3, -0.25) is 9.69 Å². The van der Waals surface area contributed by atoms with Gasteiger partial charge in [-0.25, -0.2) is 0 Å². The highest BCUT2D eigenvalue weighted by Gasteiger charge is 2.25. The molecule has 1 fully saturated rings. The standard InChI is InChI=1S/C20H27N3O3S/c1-22-9-11-23(12-10-22)16(19-8-5-13-27-19)14-21-20(24)15-26-18-7-4-3-6-17(18)25-2/h3-8,13,16H,9-12,14-15H2,1-2H3,(H,21,24). The van der Waals surface area contributed by atoms with Crippen molar-refractivity contribution in [2.45, 2.75) is 6.04 Å². The third kappa shape index (κ3) is 5.45. The Morgan fingerprint density at radius 2 is 1.89 bits per heavy atom. The molecule has 1 unspecified atom stereocenters. The molecule has 1 atom stereocenters. The van der Waals surface area contributed by atoms with Crippen LogP contribution in [0.1, 0.15) is 10.9 Å². The fourth-order valence-corrected chi connectivity index (χ4v) is 4.03. The van der Waals surface area contributed by atoms with Gasteiger partial charge in [-0.2, -0.15) is 0 Å². The van der Waals surface area contributed by atoms with Gasteiger partial charge in [0.05, 0.1) is 13.2 Å². The van der Waals surface area contributed by atoms with Crippen molar-refractivity contribution in [1.29, 1.82) is 0 Å². The van der Waals surface area contributed by atoms with E-state index in [0.717, 1.165) is 26.2 Å². The van der Waals surface area contributed by atoms with Crippen LogP contribution in [0.25, 0.3) is 0 Å². The van der Waals surface area contributed by atoms with E-state index < -0.39 is 0 Å². The number of benzene rings is 1. The molecule has 0 saturated carbocycles. The Kier molecular flexibility index (Phi) is 7.09. The number of hydrogen-bond acceptors (Lipinski definition) is 6. The van der Waals surface area contributed by atoms with Crippen LogP contribution >= 0.6 is 11.3 Å². The minimum absolute atomic E-state index is 0.0275. The van der Waals surface area contributed by atoms with Crippen molar-refractivity contribution in [3.63, 3.8) is 0 Å². The van der Waals surface area contributed by atoms with Gasteiger partial charge in [-0.05, 0) is 30.6 Å². The van der Waals surface area contributed by atoms with Crippen LogP contribution < -0.4 is 14.8 Å². The van der Waals surface area contributed by atoms with Gasteiger partial charge in [0.15, 0.2) is 18.1 Å². The lowest BCUT2D eigenvalue weighted by Crippen LogP contribution is -2.48. The van der Waals surface area contributed by atoms with Gasteiger partial charge >= 0.3 is 0 Å². The fraction of sp³-hybridized carbons (Fsp3) is 0.450. The maximum Gasteiger partial charge on any atom is 0.258 e. The normalized spacial score (nSPS) is 16.7. The molecule has 1 aromatic heterocycles. The maximum atomic E-state index is 12.3. The van der Waals surface area contributed by atoms with Crippen LogP contribution in [-0.4, -0.2) is 69.2 Å². The van der Waals surface area contributed by atoms with Gasteiger partial charge in [-0.15, -0.1) is 11.3 Å². The Morgan fingerprint density at radius 1 is 1.15 bits per heavy atom. The Bertz CT molecular complexity index is 715. The summed E-state index contributed by atoms with van der Waals surface area (Å²) in [5.41, 5.74) is 0. The molecule has 7 heteroatoms. The minimum Gasteiger partial charge on any atom is -0.493 e. The molecule has 0 spiro atoms. The zero-order chi connectivity index (χ0) is 19.1. The lowest BCUT2D eigenvalue weighted by Gasteiger charge is -2.37. The number of amides is 1. The monoisotopic (exact) mass is 389 g/mol. The maximum absolute atomic E-state index is 12.3. The van der Waals surface area contributed by atoms with E-state index in [1.54, 1.807) is 24.5 Å². The van der Waals surface area contributed by atoms with Crippen LogP contribution in [0.4, 0.5) is 0 Å². The first kappa shape index (κ1) is 19.7. The number of nitrogens with zero attached hydrogens (tertiary/aromatic N) is 2. The molecule has 0 aliphatic carbocycles. The molecule has 1 amide bonds. The molecule has 0 radical (unpaired) electrons. The first-order chi connectivity index (χ1) is 13.2. The van der Waals surface area contributed by atoms with Crippen molar-refractivity contribution in [3.05, 3.63) is 46.7 Å². The summed E-state index contributed by atoms with van der Waals surface area (Å²) >= 11 is 1.74. The lowest BCUT2D eigenvalue weighted by atomic mass is 10.1. The molecule has 1 aliphatic heterocycles. The summed E-state index contributed by atoms with van der Waals surface area (Å²) in [4.78, 5) is 18.4. The summed E-state index contributed by atoms with van der Waals surface area (Å²) in [7, 11) is 3.73. The molecule has 1 saturated heterocycles. The molecule has 27 heavy (non-hydrogen) atoms. The number of piperazine rings is 1. The van der Waals surface area contributed by atoms with E-state index in [4.69, 9.17) is 9.47 Å². The van der Waals surface area contributed by atoms with Crippen LogP contribution in [0.3, 0.4) is 0 Å². The Labute approximate surface area is 164 Å². The quantitative estimate of drug-likeness (QED) is 0.750. The number of nitrogens with one attached hydrogen (secondary N) is 1. The van der Waals surface area contributed by atoms with Crippen molar-refractivity contribution in [2.75, 3.05) is 53.5 Å². The highest BCUT2D eigenvalue weighted by molar-refractivity contribution is 7.10. The lowest BCUT2D eigenvalue weighted by molar-refractivity contribution is -0.123. The van der Waals surface area contributed by atoms with Gasteiger partial charge in [0.2, 0.25) is 0 Å². The molecule has 1 aromatic carbocycles. The van der Waals surface area contributed by atoms with Gasteiger partial charge in [0.1, 0.15) is 0 Å². The van der Waals surface area contributed by atoms with Gasteiger partial charge in [0.25, 0.3) is 5.91 Å². The second-order valence-corrected chi connectivity index (χ2v) is 7.59. The number of ether oxygens (including phenoxy) is 2. The van der Waals surface area contributed by atoms with Crippen molar-refractivity contribution in [3.8, 4) is 11.5 Å². The average molecular weight is 390 g/mol. The number of likely N-dealkylation sites (N-methyl/N-ethyl adjacent to an activating group) is 1. The molecular weight excluding hydrogens is 362 g/mol. The van der Waals surface area contributed by atoms with Gasteiger partial charge < -0.3 is 19.7 Å². The van der Waals surface area contributed by atoms with E-state index in [2.05, 4.69) is 39.7 Å². The predicted molar refractivity (Wildman–Crippen MR) is 108 cm³/mol.